The van der Waals surface area contributed by atoms with Crippen molar-refractivity contribution in [3.8, 4) is 6.07 Å². The summed E-state index contributed by atoms with van der Waals surface area (Å²) in [7, 11) is 0. The average molecular weight is 333 g/mol. The van der Waals surface area contributed by atoms with E-state index in [0.717, 1.165) is 5.56 Å². The first-order chi connectivity index (χ1) is 11.6. The molecule has 2 saturated heterocycles. The molecule has 1 aromatic rings. The van der Waals surface area contributed by atoms with E-state index in [-0.39, 0.29) is 24.4 Å². The van der Waals surface area contributed by atoms with E-state index in [4.69, 9.17) is 9.47 Å². The Morgan fingerprint density at radius 2 is 2.08 bits per heavy atom. The minimum atomic E-state index is -0.654. The van der Waals surface area contributed by atoms with Crippen molar-refractivity contribution in [2.45, 2.75) is 18.9 Å². The molecule has 128 valence electrons. The highest BCUT2D eigenvalue weighted by Crippen LogP contribution is 2.31. The second-order valence-corrected chi connectivity index (χ2v) is 6.27. The van der Waals surface area contributed by atoms with E-state index in [1.165, 1.54) is 12.1 Å². The summed E-state index contributed by atoms with van der Waals surface area (Å²) in [6, 6.07) is 8.02. The Hall–Kier alpha value is -2.01. The lowest BCUT2D eigenvalue weighted by atomic mass is 9.82. The maximum Gasteiger partial charge on any atom is 0.312 e. The molecule has 2 unspecified atom stereocenters. The van der Waals surface area contributed by atoms with E-state index in [0.29, 0.717) is 32.6 Å². The molecule has 0 aromatic heterocycles. The predicted molar refractivity (Wildman–Crippen MR) is 82.8 cm³/mol. The monoisotopic (exact) mass is 333 g/mol. The average Bonchev–Trinajstić information content (AvgIpc) is 3.11. The molecule has 24 heavy (non-hydrogen) atoms. The number of esters is 1. The number of carbonyl (C=O) groups excluding carboxylic acids is 1. The third-order valence-electron chi connectivity index (χ3n) is 4.69. The molecule has 2 fully saturated rings. The molecule has 0 aliphatic carbocycles. The molecule has 0 saturated carbocycles. The zero-order valence-corrected chi connectivity index (χ0v) is 13.3. The van der Waals surface area contributed by atoms with Gasteiger partial charge in [-0.25, -0.2) is 9.82 Å². The van der Waals surface area contributed by atoms with E-state index in [1.807, 2.05) is 0 Å². The standard InChI is InChI=1S/C17H20FN3O3/c18-13-3-1-12(2-4-13)15-14(9-20-21-15)16(22)24-11-17(10-19)5-7-23-8-6-17/h1-4,14-15,20-21H,5-9,11H2. The molecule has 2 aliphatic heterocycles. The molecule has 7 heteroatoms. The number of rotatable bonds is 4. The number of halogens is 1. The van der Waals surface area contributed by atoms with Gasteiger partial charge in [-0.3, -0.25) is 10.2 Å². The molecule has 2 heterocycles. The Labute approximate surface area is 139 Å². The van der Waals surface area contributed by atoms with Crippen LogP contribution in [0.3, 0.4) is 0 Å². The minimum Gasteiger partial charge on any atom is -0.464 e. The van der Waals surface area contributed by atoms with Crippen LogP contribution in [-0.4, -0.2) is 32.3 Å². The lowest BCUT2D eigenvalue weighted by molar-refractivity contribution is -0.152. The molecule has 2 atom stereocenters. The topological polar surface area (TPSA) is 83.4 Å². The van der Waals surface area contributed by atoms with Crippen molar-refractivity contribution in [2.75, 3.05) is 26.4 Å². The van der Waals surface area contributed by atoms with Gasteiger partial charge < -0.3 is 9.47 Å². The van der Waals surface area contributed by atoms with E-state index in [9.17, 15) is 14.4 Å². The first-order valence-corrected chi connectivity index (χ1v) is 8.03. The molecule has 6 nitrogen and oxygen atoms in total. The van der Waals surface area contributed by atoms with Gasteiger partial charge in [-0.2, -0.15) is 5.26 Å². The largest absolute Gasteiger partial charge is 0.464 e. The Bertz CT molecular complexity index is 623. The van der Waals surface area contributed by atoms with E-state index in [1.54, 1.807) is 12.1 Å². The second-order valence-electron chi connectivity index (χ2n) is 6.27. The van der Waals surface area contributed by atoms with Gasteiger partial charge in [-0.05, 0) is 30.5 Å². The molecular formula is C17H20FN3O3. The molecule has 3 rings (SSSR count). The smallest absolute Gasteiger partial charge is 0.312 e. The fraction of sp³-hybridized carbons (Fsp3) is 0.529. The van der Waals surface area contributed by atoms with Crippen LogP contribution in [0.5, 0.6) is 0 Å². The van der Waals surface area contributed by atoms with Crippen LogP contribution in [0.2, 0.25) is 0 Å². The van der Waals surface area contributed by atoms with Crippen molar-refractivity contribution in [1.82, 2.24) is 10.9 Å². The molecule has 2 N–H and O–H groups in total. The first kappa shape index (κ1) is 16.8. The summed E-state index contributed by atoms with van der Waals surface area (Å²) in [4.78, 5) is 12.5. The maximum atomic E-state index is 13.1. The van der Waals surface area contributed by atoms with Crippen molar-refractivity contribution < 1.29 is 18.7 Å². The number of nitrogens with zero attached hydrogens (tertiary/aromatic N) is 1. The number of benzene rings is 1. The lowest BCUT2D eigenvalue weighted by Gasteiger charge is -2.30. The Balaban J connectivity index is 1.63. The molecule has 0 bridgehead atoms. The lowest BCUT2D eigenvalue weighted by Crippen LogP contribution is -2.35. The van der Waals surface area contributed by atoms with Gasteiger partial charge in [0, 0.05) is 19.8 Å². The highest BCUT2D eigenvalue weighted by molar-refractivity contribution is 5.74. The summed E-state index contributed by atoms with van der Waals surface area (Å²) < 4.78 is 23.8. The molecule has 1 aromatic carbocycles. The number of nitriles is 1. The van der Waals surface area contributed by atoms with E-state index < -0.39 is 11.3 Å². The third-order valence-corrected chi connectivity index (χ3v) is 4.69. The molecular weight excluding hydrogens is 313 g/mol. The van der Waals surface area contributed by atoms with Gasteiger partial charge in [-0.1, -0.05) is 12.1 Å². The Morgan fingerprint density at radius 1 is 1.38 bits per heavy atom. The van der Waals surface area contributed by atoms with Crippen LogP contribution in [0.25, 0.3) is 0 Å². The molecule has 2 aliphatic rings. The van der Waals surface area contributed by atoms with Crippen LogP contribution in [0.1, 0.15) is 24.4 Å². The van der Waals surface area contributed by atoms with Crippen molar-refractivity contribution in [3.63, 3.8) is 0 Å². The van der Waals surface area contributed by atoms with Gasteiger partial charge >= 0.3 is 5.97 Å². The highest BCUT2D eigenvalue weighted by Gasteiger charge is 2.38. The van der Waals surface area contributed by atoms with Gasteiger partial charge in [0.2, 0.25) is 0 Å². The number of hydrazine groups is 1. The van der Waals surface area contributed by atoms with Gasteiger partial charge in [-0.15, -0.1) is 0 Å². The summed E-state index contributed by atoms with van der Waals surface area (Å²) in [5.41, 5.74) is 6.13. The normalized spacial score (nSPS) is 25.8. The minimum absolute atomic E-state index is 0.0817. The number of hydrogen-bond acceptors (Lipinski definition) is 6. The number of ether oxygens (including phenoxy) is 2. The number of nitrogens with one attached hydrogen (secondary N) is 2. The SMILES string of the molecule is N#CC1(COC(=O)C2CNNC2c2ccc(F)cc2)CCOCC1. The zero-order valence-electron chi connectivity index (χ0n) is 13.3. The molecule has 0 spiro atoms. The summed E-state index contributed by atoms with van der Waals surface area (Å²) in [6.45, 7) is 1.52. The highest BCUT2D eigenvalue weighted by atomic mass is 19.1. The van der Waals surface area contributed by atoms with Crippen LogP contribution in [-0.2, 0) is 14.3 Å². The van der Waals surface area contributed by atoms with Gasteiger partial charge in [0.1, 0.15) is 12.4 Å². The van der Waals surface area contributed by atoms with Gasteiger partial charge in [0.25, 0.3) is 0 Å². The fourth-order valence-electron chi connectivity index (χ4n) is 3.07. The van der Waals surface area contributed by atoms with Crippen molar-refractivity contribution in [1.29, 1.82) is 5.26 Å². The fourth-order valence-corrected chi connectivity index (χ4v) is 3.07. The number of carbonyl (C=O) groups is 1. The maximum absolute atomic E-state index is 13.1. The van der Waals surface area contributed by atoms with Crippen molar-refractivity contribution >= 4 is 5.97 Å². The second kappa shape index (κ2) is 7.26. The first-order valence-electron chi connectivity index (χ1n) is 8.03. The third kappa shape index (κ3) is 3.56. The quantitative estimate of drug-likeness (QED) is 0.812. The zero-order chi connectivity index (χ0) is 17.0. The van der Waals surface area contributed by atoms with Gasteiger partial charge in [0.05, 0.1) is 23.4 Å². The van der Waals surface area contributed by atoms with Crippen LogP contribution in [0, 0.1) is 28.5 Å². The van der Waals surface area contributed by atoms with Gasteiger partial charge in [0.15, 0.2) is 0 Å². The Kier molecular flexibility index (Phi) is 5.09. The molecule has 0 radical (unpaired) electrons. The van der Waals surface area contributed by atoms with Crippen LogP contribution >= 0.6 is 0 Å². The Morgan fingerprint density at radius 3 is 2.75 bits per heavy atom. The van der Waals surface area contributed by atoms with Crippen LogP contribution in [0.15, 0.2) is 24.3 Å². The summed E-state index contributed by atoms with van der Waals surface area (Å²) in [5, 5.41) is 9.42. The van der Waals surface area contributed by atoms with E-state index >= 15 is 0 Å². The molecule has 0 amide bonds. The summed E-state index contributed by atoms with van der Waals surface area (Å²) in [6.07, 6.45) is 1.14. The van der Waals surface area contributed by atoms with Crippen LogP contribution in [0.4, 0.5) is 4.39 Å². The van der Waals surface area contributed by atoms with Crippen LogP contribution < -0.4 is 10.9 Å². The van der Waals surface area contributed by atoms with E-state index in [2.05, 4.69) is 16.9 Å². The van der Waals surface area contributed by atoms with Crippen molar-refractivity contribution in [2.24, 2.45) is 11.3 Å². The number of hydrogen-bond donors (Lipinski definition) is 2. The van der Waals surface area contributed by atoms with Crippen molar-refractivity contribution in [3.05, 3.63) is 35.6 Å². The predicted octanol–water partition coefficient (Wildman–Crippen LogP) is 1.45. The summed E-state index contributed by atoms with van der Waals surface area (Å²) >= 11 is 0. The summed E-state index contributed by atoms with van der Waals surface area (Å²) in [5.74, 6) is -1.10.